The molecular weight excluding hydrogens is 216 g/mol. The van der Waals surface area contributed by atoms with Gasteiger partial charge in [-0.15, -0.1) is 11.6 Å². The number of halogens is 1. The lowest BCUT2D eigenvalue weighted by Crippen LogP contribution is -2.07. The second-order valence-electron chi connectivity index (χ2n) is 4.99. The highest BCUT2D eigenvalue weighted by atomic mass is 35.5. The average molecular weight is 237 g/mol. The number of benzene rings is 1. The molecule has 0 amide bonds. The Morgan fingerprint density at radius 3 is 2.19 bits per heavy atom. The van der Waals surface area contributed by atoms with Crippen LogP contribution in [0.4, 0.5) is 0 Å². The van der Waals surface area contributed by atoms with E-state index in [1.54, 1.807) is 0 Å². The first-order valence-corrected chi connectivity index (χ1v) is 7.06. The molecule has 1 aromatic carbocycles. The van der Waals surface area contributed by atoms with Crippen molar-refractivity contribution in [3.05, 3.63) is 35.4 Å². The fourth-order valence-corrected chi connectivity index (χ4v) is 2.82. The van der Waals surface area contributed by atoms with E-state index in [0.29, 0.717) is 5.88 Å². The first-order valence-electron chi connectivity index (χ1n) is 6.52. The smallest absolute Gasteiger partial charge is 0.0474 e. The number of hydrogen-bond donors (Lipinski definition) is 0. The number of hydrogen-bond acceptors (Lipinski definition) is 0. The van der Waals surface area contributed by atoms with E-state index in [1.807, 2.05) is 0 Å². The van der Waals surface area contributed by atoms with E-state index in [0.717, 1.165) is 5.92 Å². The van der Waals surface area contributed by atoms with Gasteiger partial charge in [0.05, 0.1) is 0 Å². The van der Waals surface area contributed by atoms with Gasteiger partial charge in [-0.05, 0) is 29.9 Å². The Bertz CT molecular complexity index is 296. The second kappa shape index (κ2) is 6.30. The summed E-state index contributed by atoms with van der Waals surface area (Å²) in [6, 6.07) is 8.79. The zero-order chi connectivity index (χ0) is 11.2. The Hall–Kier alpha value is -0.490. The lowest BCUT2D eigenvalue weighted by molar-refractivity contribution is 0.339. The van der Waals surface area contributed by atoms with Gasteiger partial charge in [0.2, 0.25) is 0 Å². The van der Waals surface area contributed by atoms with Crippen LogP contribution in [-0.2, 0) is 12.3 Å². The zero-order valence-corrected chi connectivity index (χ0v) is 10.7. The molecule has 0 unspecified atom stereocenters. The normalized spacial score (nSPS) is 17.6. The van der Waals surface area contributed by atoms with Gasteiger partial charge in [0.1, 0.15) is 0 Å². The maximum atomic E-state index is 5.78. The van der Waals surface area contributed by atoms with Crippen LogP contribution in [0.1, 0.15) is 49.7 Å². The molecule has 0 aliphatic heterocycles. The van der Waals surface area contributed by atoms with Crippen molar-refractivity contribution in [2.24, 2.45) is 5.92 Å². The van der Waals surface area contributed by atoms with Crippen LogP contribution in [0.3, 0.4) is 0 Å². The standard InChI is InChI=1S/C15H21Cl/c16-12-15-10-8-14(9-11-15)7-6-13-4-2-1-3-5-13/h8-11,13H,1-7,12H2. The number of rotatable bonds is 4. The van der Waals surface area contributed by atoms with Crippen molar-refractivity contribution in [2.75, 3.05) is 0 Å². The van der Waals surface area contributed by atoms with Gasteiger partial charge >= 0.3 is 0 Å². The Morgan fingerprint density at radius 1 is 0.938 bits per heavy atom. The third kappa shape index (κ3) is 3.52. The van der Waals surface area contributed by atoms with Crippen LogP contribution in [0.15, 0.2) is 24.3 Å². The predicted molar refractivity (Wildman–Crippen MR) is 70.9 cm³/mol. The monoisotopic (exact) mass is 236 g/mol. The van der Waals surface area contributed by atoms with Crippen molar-refractivity contribution in [3.8, 4) is 0 Å². The molecule has 0 spiro atoms. The fraction of sp³-hybridized carbons (Fsp3) is 0.600. The van der Waals surface area contributed by atoms with Gasteiger partial charge < -0.3 is 0 Å². The summed E-state index contributed by atoms with van der Waals surface area (Å²) in [4.78, 5) is 0. The summed E-state index contributed by atoms with van der Waals surface area (Å²) in [6.45, 7) is 0. The number of aryl methyl sites for hydroxylation is 1. The van der Waals surface area contributed by atoms with E-state index in [4.69, 9.17) is 11.6 Å². The molecule has 1 aromatic rings. The molecule has 1 saturated carbocycles. The Balaban J connectivity index is 1.79. The summed E-state index contributed by atoms with van der Waals surface area (Å²) in [7, 11) is 0. The topological polar surface area (TPSA) is 0 Å². The minimum atomic E-state index is 0.628. The number of alkyl halides is 1. The van der Waals surface area contributed by atoms with Gasteiger partial charge in [-0.1, -0.05) is 56.4 Å². The molecule has 1 aliphatic carbocycles. The van der Waals surface area contributed by atoms with Crippen LogP contribution in [-0.4, -0.2) is 0 Å². The highest BCUT2D eigenvalue weighted by Gasteiger charge is 2.12. The van der Waals surface area contributed by atoms with Crippen LogP contribution < -0.4 is 0 Å². The quantitative estimate of drug-likeness (QED) is 0.650. The molecule has 0 N–H and O–H groups in total. The van der Waals surface area contributed by atoms with Gasteiger partial charge in [-0.3, -0.25) is 0 Å². The molecule has 0 saturated heterocycles. The maximum absolute atomic E-state index is 5.78. The van der Waals surface area contributed by atoms with Crippen molar-refractivity contribution < 1.29 is 0 Å². The molecule has 0 aromatic heterocycles. The third-order valence-corrected chi connectivity index (χ3v) is 4.05. The molecule has 2 rings (SSSR count). The molecule has 0 bridgehead atoms. The lowest BCUT2D eigenvalue weighted by atomic mass is 9.85. The molecular formula is C15H21Cl. The SMILES string of the molecule is ClCc1ccc(CCC2CCCCC2)cc1. The summed E-state index contributed by atoms with van der Waals surface area (Å²) in [6.07, 6.45) is 9.90. The van der Waals surface area contributed by atoms with E-state index in [9.17, 15) is 0 Å². The molecule has 1 heteroatoms. The van der Waals surface area contributed by atoms with Crippen molar-refractivity contribution in [1.82, 2.24) is 0 Å². The molecule has 0 nitrogen and oxygen atoms in total. The van der Waals surface area contributed by atoms with Crippen molar-refractivity contribution in [2.45, 2.75) is 50.8 Å². The molecule has 0 heterocycles. The van der Waals surface area contributed by atoms with Crippen LogP contribution in [0.2, 0.25) is 0 Å². The van der Waals surface area contributed by atoms with Gasteiger partial charge in [-0.2, -0.15) is 0 Å². The molecule has 16 heavy (non-hydrogen) atoms. The van der Waals surface area contributed by atoms with E-state index in [1.165, 1.54) is 56.1 Å². The minimum absolute atomic E-state index is 0.628. The Labute approximate surface area is 104 Å². The molecule has 1 fully saturated rings. The maximum Gasteiger partial charge on any atom is 0.0474 e. The van der Waals surface area contributed by atoms with Crippen molar-refractivity contribution in [1.29, 1.82) is 0 Å². The summed E-state index contributed by atoms with van der Waals surface area (Å²) < 4.78 is 0. The van der Waals surface area contributed by atoms with Crippen LogP contribution in [0, 0.1) is 5.92 Å². The van der Waals surface area contributed by atoms with E-state index >= 15 is 0 Å². The summed E-state index contributed by atoms with van der Waals surface area (Å²) >= 11 is 5.78. The summed E-state index contributed by atoms with van der Waals surface area (Å²) in [5.41, 5.74) is 2.70. The van der Waals surface area contributed by atoms with Crippen molar-refractivity contribution >= 4 is 11.6 Å². The highest BCUT2D eigenvalue weighted by Crippen LogP contribution is 2.27. The molecule has 88 valence electrons. The third-order valence-electron chi connectivity index (χ3n) is 3.74. The van der Waals surface area contributed by atoms with Gasteiger partial charge in [0, 0.05) is 5.88 Å². The van der Waals surface area contributed by atoms with Crippen LogP contribution in [0.25, 0.3) is 0 Å². The minimum Gasteiger partial charge on any atom is -0.122 e. The van der Waals surface area contributed by atoms with Crippen LogP contribution in [0.5, 0.6) is 0 Å². The van der Waals surface area contributed by atoms with E-state index < -0.39 is 0 Å². The molecule has 0 atom stereocenters. The molecule has 0 radical (unpaired) electrons. The zero-order valence-electron chi connectivity index (χ0n) is 9.92. The highest BCUT2D eigenvalue weighted by molar-refractivity contribution is 6.17. The molecule has 1 aliphatic rings. The fourth-order valence-electron chi connectivity index (χ4n) is 2.64. The van der Waals surface area contributed by atoms with Crippen molar-refractivity contribution in [3.63, 3.8) is 0 Å². The summed E-state index contributed by atoms with van der Waals surface area (Å²) in [5, 5.41) is 0. The second-order valence-corrected chi connectivity index (χ2v) is 5.26. The van der Waals surface area contributed by atoms with Gasteiger partial charge in [0.25, 0.3) is 0 Å². The van der Waals surface area contributed by atoms with E-state index in [2.05, 4.69) is 24.3 Å². The first kappa shape index (κ1) is 12.0. The van der Waals surface area contributed by atoms with Crippen LogP contribution >= 0.6 is 11.6 Å². The lowest BCUT2D eigenvalue weighted by Gasteiger charge is -2.21. The first-order chi connectivity index (χ1) is 7.88. The summed E-state index contributed by atoms with van der Waals surface area (Å²) in [5.74, 6) is 1.62. The van der Waals surface area contributed by atoms with Gasteiger partial charge in [-0.25, -0.2) is 0 Å². The van der Waals surface area contributed by atoms with Gasteiger partial charge in [0.15, 0.2) is 0 Å². The Morgan fingerprint density at radius 2 is 1.56 bits per heavy atom. The van der Waals surface area contributed by atoms with E-state index in [-0.39, 0.29) is 0 Å². The predicted octanol–water partition coefficient (Wildman–Crippen LogP) is 4.94. The largest absolute Gasteiger partial charge is 0.122 e. The Kier molecular flexibility index (Phi) is 4.71. The average Bonchev–Trinajstić information content (AvgIpc) is 2.38.